The van der Waals surface area contributed by atoms with E-state index in [1.165, 1.54) is 0 Å². The molecule has 2 aliphatic heterocycles. The predicted octanol–water partition coefficient (Wildman–Crippen LogP) is 0.927. The smallest absolute Gasteiger partial charge is 0.271 e. The van der Waals surface area contributed by atoms with E-state index in [4.69, 9.17) is 4.84 Å². The van der Waals surface area contributed by atoms with Gasteiger partial charge in [0.05, 0.1) is 0 Å². The highest BCUT2D eigenvalue weighted by molar-refractivity contribution is 6.39. The molecule has 1 amide bonds. The van der Waals surface area contributed by atoms with Crippen LogP contribution in [0.3, 0.4) is 0 Å². The first-order valence-corrected chi connectivity index (χ1v) is 6.43. The Hall–Kier alpha value is -0.810. The summed E-state index contributed by atoms with van der Waals surface area (Å²) in [6.45, 7) is 1.84. The van der Waals surface area contributed by atoms with Crippen molar-refractivity contribution >= 4 is 24.0 Å². The zero-order valence-corrected chi connectivity index (χ0v) is 11.5. The molecule has 0 radical (unpaired) electrons. The standard InChI is InChI=1S/C12H19N3O2.ClH/c1-15(9-3-4-9)11(16)10-7-12(17-14-10)5-2-6-13-8-12;/h9,13H,2-8H2,1H3;1H. The minimum absolute atomic E-state index is 0. The molecule has 1 N–H and O–H groups in total. The number of nitrogens with one attached hydrogen (secondary N) is 1. The molecule has 5 nitrogen and oxygen atoms in total. The second-order valence-electron chi connectivity index (χ2n) is 5.42. The summed E-state index contributed by atoms with van der Waals surface area (Å²) in [5.74, 6) is 0.0509. The fourth-order valence-electron chi connectivity index (χ4n) is 2.64. The first kappa shape index (κ1) is 13.6. The summed E-state index contributed by atoms with van der Waals surface area (Å²) in [5, 5.41) is 7.35. The Morgan fingerprint density at radius 2 is 2.33 bits per heavy atom. The zero-order chi connectivity index (χ0) is 11.9. The molecule has 1 saturated heterocycles. The van der Waals surface area contributed by atoms with Crippen molar-refractivity contribution < 1.29 is 9.63 Å². The van der Waals surface area contributed by atoms with Crippen LogP contribution in [0.15, 0.2) is 5.16 Å². The van der Waals surface area contributed by atoms with Crippen LogP contribution in [0.25, 0.3) is 0 Å². The molecule has 0 aromatic carbocycles. The van der Waals surface area contributed by atoms with Crippen molar-refractivity contribution in [3.05, 3.63) is 0 Å². The Bertz CT molecular complexity index is 362. The highest BCUT2D eigenvalue weighted by Crippen LogP contribution is 2.32. The molecule has 18 heavy (non-hydrogen) atoms. The fourth-order valence-corrected chi connectivity index (χ4v) is 2.64. The number of nitrogens with zero attached hydrogens (tertiary/aromatic N) is 2. The molecule has 0 bridgehead atoms. The molecule has 102 valence electrons. The van der Waals surface area contributed by atoms with Gasteiger partial charge in [0, 0.05) is 26.1 Å². The van der Waals surface area contributed by atoms with Crippen LogP contribution < -0.4 is 5.32 Å². The van der Waals surface area contributed by atoms with Crippen LogP contribution in [0.2, 0.25) is 0 Å². The van der Waals surface area contributed by atoms with Crippen LogP contribution in [0.5, 0.6) is 0 Å². The molecule has 1 unspecified atom stereocenters. The summed E-state index contributed by atoms with van der Waals surface area (Å²) in [6, 6.07) is 0.436. The van der Waals surface area contributed by atoms with Crippen molar-refractivity contribution in [2.75, 3.05) is 20.1 Å². The third-order valence-electron chi connectivity index (χ3n) is 3.93. The van der Waals surface area contributed by atoms with E-state index < -0.39 is 0 Å². The summed E-state index contributed by atoms with van der Waals surface area (Å²) in [6.07, 6.45) is 5.00. The maximum atomic E-state index is 12.1. The lowest BCUT2D eigenvalue weighted by Crippen LogP contribution is -2.46. The zero-order valence-electron chi connectivity index (χ0n) is 10.6. The van der Waals surface area contributed by atoms with E-state index in [-0.39, 0.29) is 23.9 Å². The second-order valence-corrected chi connectivity index (χ2v) is 5.42. The molecule has 0 aromatic rings. The molecular formula is C12H20ClN3O2. The predicted molar refractivity (Wildman–Crippen MR) is 71.0 cm³/mol. The van der Waals surface area contributed by atoms with Gasteiger partial charge in [-0.3, -0.25) is 4.79 Å². The lowest BCUT2D eigenvalue weighted by molar-refractivity contribution is -0.123. The Morgan fingerprint density at radius 3 is 2.94 bits per heavy atom. The number of hydrogen-bond acceptors (Lipinski definition) is 4. The number of piperidine rings is 1. The van der Waals surface area contributed by atoms with Crippen molar-refractivity contribution in [3.8, 4) is 0 Å². The molecule has 1 saturated carbocycles. The topological polar surface area (TPSA) is 53.9 Å². The summed E-state index contributed by atoms with van der Waals surface area (Å²) in [5.41, 5.74) is 0.358. The van der Waals surface area contributed by atoms with E-state index in [0.29, 0.717) is 18.2 Å². The number of hydrogen-bond donors (Lipinski definition) is 1. The van der Waals surface area contributed by atoms with Gasteiger partial charge in [0.1, 0.15) is 5.71 Å². The molecular weight excluding hydrogens is 254 g/mol. The van der Waals surface area contributed by atoms with Crippen LogP contribution >= 0.6 is 12.4 Å². The molecule has 1 spiro atoms. The first-order valence-electron chi connectivity index (χ1n) is 6.43. The summed E-state index contributed by atoms with van der Waals surface area (Å²) in [7, 11) is 1.87. The van der Waals surface area contributed by atoms with Crippen molar-refractivity contribution in [1.82, 2.24) is 10.2 Å². The number of carbonyl (C=O) groups excluding carboxylic acids is 1. The molecule has 1 atom stereocenters. The number of oxime groups is 1. The van der Waals surface area contributed by atoms with Crippen LogP contribution in [-0.4, -0.2) is 48.3 Å². The number of rotatable bonds is 2. The maximum absolute atomic E-state index is 12.1. The van der Waals surface area contributed by atoms with Crippen LogP contribution in [0.1, 0.15) is 32.1 Å². The maximum Gasteiger partial charge on any atom is 0.271 e. The highest BCUT2D eigenvalue weighted by atomic mass is 35.5. The minimum Gasteiger partial charge on any atom is -0.387 e. The summed E-state index contributed by atoms with van der Waals surface area (Å²) >= 11 is 0. The van der Waals surface area contributed by atoms with Gasteiger partial charge in [-0.25, -0.2) is 0 Å². The van der Waals surface area contributed by atoms with Gasteiger partial charge in [0.25, 0.3) is 5.91 Å². The quantitative estimate of drug-likeness (QED) is 0.814. The molecule has 3 aliphatic rings. The lowest BCUT2D eigenvalue weighted by Gasteiger charge is -2.31. The van der Waals surface area contributed by atoms with Gasteiger partial charge in [0.15, 0.2) is 5.60 Å². The lowest BCUT2D eigenvalue weighted by atomic mass is 9.89. The van der Waals surface area contributed by atoms with Gasteiger partial charge in [-0.2, -0.15) is 0 Å². The van der Waals surface area contributed by atoms with Crippen molar-refractivity contribution in [3.63, 3.8) is 0 Å². The van der Waals surface area contributed by atoms with E-state index in [1.54, 1.807) is 0 Å². The van der Waals surface area contributed by atoms with Crippen molar-refractivity contribution in [1.29, 1.82) is 0 Å². The van der Waals surface area contributed by atoms with E-state index >= 15 is 0 Å². The van der Waals surface area contributed by atoms with E-state index in [1.807, 2.05) is 11.9 Å². The number of amides is 1. The summed E-state index contributed by atoms with van der Waals surface area (Å²) < 4.78 is 0. The Morgan fingerprint density at radius 1 is 1.56 bits per heavy atom. The van der Waals surface area contributed by atoms with E-state index in [2.05, 4.69) is 10.5 Å². The van der Waals surface area contributed by atoms with Crippen LogP contribution in [0, 0.1) is 0 Å². The Balaban J connectivity index is 0.00000120. The number of carbonyl (C=O) groups is 1. The fraction of sp³-hybridized carbons (Fsp3) is 0.833. The average molecular weight is 274 g/mol. The third-order valence-corrected chi connectivity index (χ3v) is 3.93. The SMILES string of the molecule is CN(C(=O)C1=NOC2(CCCNC2)C1)C1CC1.Cl. The molecule has 0 aromatic heterocycles. The van der Waals surface area contributed by atoms with E-state index in [9.17, 15) is 4.79 Å². The van der Waals surface area contributed by atoms with Crippen LogP contribution in [0.4, 0.5) is 0 Å². The van der Waals surface area contributed by atoms with Crippen molar-refractivity contribution in [2.45, 2.75) is 43.7 Å². The Kier molecular flexibility index (Phi) is 3.82. The first-order chi connectivity index (χ1) is 8.20. The monoisotopic (exact) mass is 273 g/mol. The number of halogens is 1. The van der Waals surface area contributed by atoms with Gasteiger partial charge < -0.3 is 15.1 Å². The van der Waals surface area contributed by atoms with Gasteiger partial charge in [-0.1, -0.05) is 5.16 Å². The third kappa shape index (κ3) is 2.47. The largest absolute Gasteiger partial charge is 0.387 e. The molecule has 6 heteroatoms. The van der Waals surface area contributed by atoms with Gasteiger partial charge >= 0.3 is 0 Å². The average Bonchev–Trinajstić information content (AvgIpc) is 3.13. The molecule has 2 heterocycles. The van der Waals surface area contributed by atoms with Gasteiger partial charge in [-0.15, -0.1) is 12.4 Å². The molecule has 1 aliphatic carbocycles. The summed E-state index contributed by atoms with van der Waals surface area (Å²) in [4.78, 5) is 19.5. The Labute approximate surface area is 113 Å². The second kappa shape index (κ2) is 5.05. The highest BCUT2D eigenvalue weighted by Gasteiger charge is 2.44. The molecule has 3 rings (SSSR count). The van der Waals surface area contributed by atoms with Crippen LogP contribution in [-0.2, 0) is 9.63 Å². The minimum atomic E-state index is -0.242. The molecule has 2 fully saturated rings. The van der Waals surface area contributed by atoms with Gasteiger partial charge in [-0.05, 0) is 32.2 Å². The van der Waals surface area contributed by atoms with E-state index in [0.717, 1.165) is 38.8 Å². The normalized spacial score (nSPS) is 30.4. The van der Waals surface area contributed by atoms with Gasteiger partial charge in [0.2, 0.25) is 0 Å². The van der Waals surface area contributed by atoms with Crippen molar-refractivity contribution in [2.24, 2.45) is 5.16 Å².